The Bertz CT molecular complexity index is 795. The first-order valence-electron chi connectivity index (χ1n) is 7.88. The summed E-state index contributed by atoms with van der Waals surface area (Å²) in [6.45, 7) is 3.38. The molecule has 0 radical (unpaired) electrons. The van der Waals surface area contributed by atoms with Crippen molar-refractivity contribution in [2.24, 2.45) is 0 Å². The fourth-order valence-electron chi connectivity index (χ4n) is 2.31. The first-order valence-corrected chi connectivity index (χ1v) is 7.88. The number of hydrogen-bond donors (Lipinski definition) is 1. The van der Waals surface area contributed by atoms with Gasteiger partial charge in [0.15, 0.2) is 0 Å². The third kappa shape index (κ3) is 5.07. The molecule has 0 spiro atoms. The standard InChI is InChI=1S/C17H18N4O5/c1-11(2)26-16(22)9-13(12-5-3-4-6-15(12)21(24)25)20-17(23)14-10-18-7-8-19-14/h3-8,10-11,13H,9H2,1-2H3,(H,20,23). The number of benzene rings is 1. The van der Waals surface area contributed by atoms with Crippen LogP contribution in [0, 0.1) is 10.1 Å². The molecule has 26 heavy (non-hydrogen) atoms. The minimum absolute atomic E-state index is 0.0355. The van der Waals surface area contributed by atoms with Crippen LogP contribution in [-0.2, 0) is 9.53 Å². The Kier molecular flexibility index (Phi) is 6.31. The zero-order valence-electron chi connectivity index (χ0n) is 14.3. The molecular formula is C17H18N4O5. The lowest BCUT2D eigenvalue weighted by Gasteiger charge is -2.19. The Morgan fingerprint density at radius 2 is 2.00 bits per heavy atom. The number of carbonyl (C=O) groups excluding carboxylic acids is 2. The Hall–Kier alpha value is -3.36. The molecule has 1 unspecified atom stereocenters. The molecule has 0 fully saturated rings. The van der Waals surface area contributed by atoms with Gasteiger partial charge >= 0.3 is 5.97 Å². The highest BCUT2D eigenvalue weighted by molar-refractivity contribution is 5.92. The van der Waals surface area contributed by atoms with Crippen LogP contribution in [0.15, 0.2) is 42.9 Å². The summed E-state index contributed by atoms with van der Waals surface area (Å²) in [6.07, 6.45) is 3.43. The van der Waals surface area contributed by atoms with Crippen LogP contribution in [0.2, 0.25) is 0 Å². The topological polar surface area (TPSA) is 124 Å². The van der Waals surface area contributed by atoms with E-state index in [-0.39, 0.29) is 29.5 Å². The fraction of sp³-hybridized carbons (Fsp3) is 0.294. The molecular weight excluding hydrogens is 340 g/mol. The number of hydrogen-bond acceptors (Lipinski definition) is 7. The lowest BCUT2D eigenvalue weighted by Crippen LogP contribution is -2.32. The molecule has 0 saturated carbocycles. The van der Waals surface area contributed by atoms with Crippen molar-refractivity contribution in [1.29, 1.82) is 0 Å². The van der Waals surface area contributed by atoms with Gasteiger partial charge in [-0.3, -0.25) is 24.7 Å². The van der Waals surface area contributed by atoms with Gasteiger partial charge in [0.25, 0.3) is 11.6 Å². The smallest absolute Gasteiger partial charge is 0.308 e. The summed E-state index contributed by atoms with van der Waals surface area (Å²) >= 11 is 0. The van der Waals surface area contributed by atoms with E-state index in [9.17, 15) is 19.7 Å². The maximum absolute atomic E-state index is 12.4. The van der Waals surface area contributed by atoms with Crippen molar-refractivity contribution >= 4 is 17.6 Å². The molecule has 1 atom stereocenters. The summed E-state index contributed by atoms with van der Waals surface area (Å²) in [5, 5.41) is 13.9. The van der Waals surface area contributed by atoms with E-state index in [0.29, 0.717) is 0 Å². The van der Waals surface area contributed by atoms with E-state index in [1.165, 1.54) is 36.8 Å². The summed E-state index contributed by atoms with van der Waals surface area (Å²) in [5.74, 6) is -1.18. The van der Waals surface area contributed by atoms with E-state index in [1.54, 1.807) is 19.9 Å². The second-order valence-corrected chi connectivity index (χ2v) is 5.68. The highest BCUT2D eigenvalue weighted by atomic mass is 16.6. The number of carbonyl (C=O) groups is 2. The van der Waals surface area contributed by atoms with Gasteiger partial charge < -0.3 is 10.1 Å². The van der Waals surface area contributed by atoms with Crippen LogP contribution in [0.4, 0.5) is 5.69 Å². The lowest BCUT2D eigenvalue weighted by atomic mass is 10.0. The number of ether oxygens (including phenoxy) is 1. The normalized spacial score (nSPS) is 11.7. The highest BCUT2D eigenvalue weighted by Crippen LogP contribution is 2.27. The third-order valence-electron chi connectivity index (χ3n) is 3.35. The van der Waals surface area contributed by atoms with Crippen molar-refractivity contribution in [3.63, 3.8) is 0 Å². The quantitative estimate of drug-likeness (QED) is 0.457. The Morgan fingerprint density at radius 1 is 1.27 bits per heavy atom. The van der Waals surface area contributed by atoms with Crippen molar-refractivity contribution in [2.75, 3.05) is 0 Å². The average Bonchev–Trinajstić information content (AvgIpc) is 2.61. The molecule has 1 aromatic heterocycles. The van der Waals surface area contributed by atoms with Crippen LogP contribution in [0.25, 0.3) is 0 Å². The molecule has 1 amide bonds. The number of nitro groups is 1. The zero-order valence-corrected chi connectivity index (χ0v) is 14.3. The molecule has 136 valence electrons. The lowest BCUT2D eigenvalue weighted by molar-refractivity contribution is -0.385. The maximum atomic E-state index is 12.4. The van der Waals surface area contributed by atoms with E-state index < -0.39 is 22.8 Å². The van der Waals surface area contributed by atoms with Crippen LogP contribution in [0.3, 0.4) is 0 Å². The van der Waals surface area contributed by atoms with Crippen LogP contribution in [0.1, 0.15) is 42.4 Å². The molecule has 0 aliphatic rings. The summed E-state index contributed by atoms with van der Waals surface area (Å²) in [6, 6.07) is 4.96. The van der Waals surface area contributed by atoms with Gasteiger partial charge in [-0.15, -0.1) is 0 Å². The van der Waals surface area contributed by atoms with Crippen LogP contribution in [0.5, 0.6) is 0 Å². The number of nitrogens with zero attached hydrogens (tertiary/aromatic N) is 3. The van der Waals surface area contributed by atoms with Crippen LogP contribution >= 0.6 is 0 Å². The van der Waals surface area contributed by atoms with Gasteiger partial charge in [0, 0.05) is 18.5 Å². The third-order valence-corrected chi connectivity index (χ3v) is 3.35. The number of para-hydroxylation sites is 1. The van der Waals surface area contributed by atoms with Crippen LogP contribution in [-0.4, -0.2) is 32.9 Å². The largest absolute Gasteiger partial charge is 0.463 e. The van der Waals surface area contributed by atoms with E-state index >= 15 is 0 Å². The SMILES string of the molecule is CC(C)OC(=O)CC(NC(=O)c1cnccn1)c1ccccc1[N+](=O)[O-]. The van der Waals surface area contributed by atoms with E-state index in [1.807, 2.05) is 0 Å². The predicted octanol–water partition coefficient (Wildman–Crippen LogP) is 2.20. The maximum Gasteiger partial charge on any atom is 0.308 e. The van der Waals surface area contributed by atoms with Gasteiger partial charge in [0.05, 0.1) is 35.3 Å². The van der Waals surface area contributed by atoms with Crippen LogP contribution < -0.4 is 5.32 Å². The predicted molar refractivity (Wildman–Crippen MR) is 91.2 cm³/mol. The molecule has 1 heterocycles. The molecule has 2 rings (SSSR count). The average molecular weight is 358 g/mol. The first kappa shape index (κ1) is 19.0. The second-order valence-electron chi connectivity index (χ2n) is 5.68. The van der Waals surface area contributed by atoms with Crippen molar-refractivity contribution < 1.29 is 19.2 Å². The summed E-state index contributed by atoms with van der Waals surface area (Å²) in [7, 11) is 0. The highest BCUT2D eigenvalue weighted by Gasteiger charge is 2.27. The van der Waals surface area contributed by atoms with Crippen molar-refractivity contribution in [1.82, 2.24) is 15.3 Å². The fourth-order valence-corrected chi connectivity index (χ4v) is 2.31. The second kappa shape index (κ2) is 8.65. The number of amides is 1. The van der Waals surface area contributed by atoms with Gasteiger partial charge in [-0.1, -0.05) is 18.2 Å². The minimum Gasteiger partial charge on any atom is -0.463 e. The monoisotopic (exact) mass is 358 g/mol. The van der Waals surface area contributed by atoms with Gasteiger partial charge in [0.1, 0.15) is 5.69 Å². The Balaban J connectivity index is 2.32. The number of nitrogens with one attached hydrogen (secondary N) is 1. The van der Waals surface area contributed by atoms with Gasteiger partial charge in [-0.05, 0) is 13.8 Å². The molecule has 0 bridgehead atoms. The summed E-state index contributed by atoms with van der Waals surface area (Å²) < 4.78 is 5.10. The number of nitro benzene ring substituents is 1. The molecule has 0 aliphatic heterocycles. The van der Waals surface area contributed by atoms with E-state index in [4.69, 9.17) is 4.74 Å². The van der Waals surface area contributed by atoms with Crippen molar-refractivity contribution in [3.8, 4) is 0 Å². The Labute approximate surface area is 149 Å². The van der Waals surface area contributed by atoms with Gasteiger partial charge in [-0.25, -0.2) is 4.98 Å². The Morgan fingerprint density at radius 3 is 2.62 bits per heavy atom. The molecule has 9 heteroatoms. The van der Waals surface area contributed by atoms with Crippen molar-refractivity contribution in [2.45, 2.75) is 32.4 Å². The number of esters is 1. The van der Waals surface area contributed by atoms with Crippen molar-refractivity contribution in [3.05, 3.63) is 64.2 Å². The molecule has 0 saturated heterocycles. The molecule has 2 aromatic rings. The van der Waals surface area contributed by atoms with Gasteiger partial charge in [0.2, 0.25) is 0 Å². The van der Waals surface area contributed by atoms with Gasteiger partial charge in [-0.2, -0.15) is 0 Å². The van der Waals surface area contributed by atoms with E-state index in [2.05, 4.69) is 15.3 Å². The first-order chi connectivity index (χ1) is 12.4. The molecule has 0 aliphatic carbocycles. The number of rotatable bonds is 7. The van der Waals surface area contributed by atoms with E-state index in [0.717, 1.165) is 0 Å². The molecule has 1 aromatic carbocycles. The summed E-state index contributed by atoms with van der Waals surface area (Å²) in [5.41, 5.74) is 0.0399. The molecule has 9 nitrogen and oxygen atoms in total. The molecule has 1 N–H and O–H groups in total. The summed E-state index contributed by atoms with van der Waals surface area (Å²) in [4.78, 5) is 42.9. The minimum atomic E-state index is -0.947. The number of aromatic nitrogens is 2. The zero-order chi connectivity index (χ0) is 19.1.